The fraction of sp³-hybridized carbons (Fsp3) is 0.636. The third-order valence-electron chi connectivity index (χ3n) is 2.00. The van der Waals surface area contributed by atoms with E-state index in [9.17, 15) is 4.79 Å². The molecule has 17 heavy (non-hydrogen) atoms. The highest BCUT2D eigenvalue weighted by Crippen LogP contribution is 2.17. The minimum atomic E-state index is -0.0362. The first-order valence-corrected chi connectivity index (χ1v) is 6.11. The van der Waals surface area contributed by atoms with Gasteiger partial charge < -0.3 is 10.6 Å². The molecule has 0 bridgehead atoms. The van der Waals surface area contributed by atoms with Crippen LogP contribution in [-0.4, -0.2) is 29.4 Å². The van der Waals surface area contributed by atoms with Gasteiger partial charge in [-0.3, -0.25) is 4.79 Å². The van der Waals surface area contributed by atoms with Crippen molar-refractivity contribution < 1.29 is 4.79 Å². The van der Waals surface area contributed by atoms with E-state index >= 15 is 0 Å². The summed E-state index contributed by atoms with van der Waals surface area (Å²) in [6, 6.07) is 0. The molecule has 0 aliphatic rings. The lowest BCUT2D eigenvalue weighted by molar-refractivity contribution is 0.0740. The largest absolute Gasteiger partial charge is 0.340 e. The van der Waals surface area contributed by atoms with Crippen LogP contribution >= 0.6 is 23.7 Å². The van der Waals surface area contributed by atoms with Gasteiger partial charge in [0.1, 0.15) is 10.7 Å². The molecule has 1 aromatic heterocycles. The normalized spacial score (nSPS) is 10.9. The van der Waals surface area contributed by atoms with E-state index < -0.39 is 0 Å². The summed E-state index contributed by atoms with van der Waals surface area (Å²) in [5.74, 6) is -0.0362. The Morgan fingerprint density at radius 2 is 2.12 bits per heavy atom. The molecule has 98 valence electrons. The number of amides is 1. The van der Waals surface area contributed by atoms with E-state index in [1.165, 1.54) is 11.3 Å². The zero-order chi connectivity index (χ0) is 12.3. The van der Waals surface area contributed by atoms with Crippen LogP contribution in [0, 0.1) is 5.41 Å². The molecule has 0 unspecified atom stereocenters. The number of carbonyl (C=O) groups is 1. The lowest BCUT2D eigenvalue weighted by Crippen LogP contribution is -2.34. The third-order valence-corrected chi connectivity index (χ3v) is 2.87. The molecule has 0 saturated carbocycles. The molecular formula is C11H20ClN3OS. The highest BCUT2D eigenvalue weighted by atomic mass is 35.5. The lowest BCUT2D eigenvalue weighted by Gasteiger charge is -2.25. The van der Waals surface area contributed by atoms with Gasteiger partial charge in [0, 0.05) is 25.5 Å². The Hall–Kier alpha value is -0.650. The second-order valence-electron chi connectivity index (χ2n) is 5.05. The average Bonchev–Trinajstić information content (AvgIpc) is 2.61. The first kappa shape index (κ1) is 16.4. The maximum Gasteiger partial charge on any atom is 0.273 e. The molecule has 1 heterocycles. The van der Waals surface area contributed by atoms with Crippen molar-refractivity contribution in [3.05, 3.63) is 16.1 Å². The van der Waals surface area contributed by atoms with Crippen LogP contribution in [-0.2, 0) is 6.54 Å². The summed E-state index contributed by atoms with van der Waals surface area (Å²) < 4.78 is 0. The molecule has 2 N–H and O–H groups in total. The number of aromatic nitrogens is 1. The van der Waals surface area contributed by atoms with Crippen molar-refractivity contribution in [2.45, 2.75) is 27.3 Å². The summed E-state index contributed by atoms with van der Waals surface area (Å²) in [6.07, 6.45) is 0. The zero-order valence-electron chi connectivity index (χ0n) is 10.7. The van der Waals surface area contributed by atoms with Crippen LogP contribution in [0.25, 0.3) is 0 Å². The number of hydrogen-bond donors (Lipinski definition) is 1. The van der Waals surface area contributed by atoms with Crippen LogP contribution in [0.3, 0.4) is 0 Å². The van der Waals surface area contributed by atoms with Crippen LogP contribution in [0.1, 0.15) is 36.3 Å². The van der Waals surface area contributed by atoms with E-state index in [2.05, 4.69) is 25.8 Å². The fourth-order valence-corrected chi connectivity index (χ4v) is 2.13. The molecule has 0 aromatic carbocycles. The Balaban J connectivity index is 0.00000256. The summed E-state index contributed by atoms with van der Waals surface area (Å²) in [7, 11) is 1.80. The summed E-state index contributed by atoms with van der Waals surface area (Å²) >= 11 is 1.43. The molecule has 0 radical (unpaired) electrons. The summed E-state index contributed by atoms with van der Waals surface area (Å²) in [5.41, 5.74) is 6.06. The Morgan fingerprint density at radius 1 is 1.53 bits per heavy atom. The van der Waals surface area contributed by atoms with E-state index in [-0.39, 0.29) is 23.7 Å². The highest BCUT2D eigenvalue weighted by molar-refractivity contribution is 7.09. The standard InChI is InChI=1S/C11H19N3OS.ClH/c1-11(2,3)7-14(4)10(15)8-6-16-9(5-12)13-8;/h6H,5,7,12H2,1-4H3;1H. The SMILES string of the molecule is CN(CC(C)(C)C)C(=O)c1csc(CN)n1.Cl. The molecule has 0 saturated heterocycles. The third kappa shape index (κ3) is 5.02. The number of halogens is 1. The molecule has 1 amide bonds. The minimum absolute atomic E-state index is 0. The van der Waals surface area contributed by atoms with Crippen molar-refractivity contribution in [2.75, 3.05) is 13.6 Å². The van der Waals surface area contributed by atoms with Crippen molar-refractivity contribution in [3.8, 4) is 0 Å². The van der Waals surface area contributed by atoms with Crippen molar-refractivity contribution in [1.29, 1.82) is 0 Å². The number of thiazole rings is 1. The van der Waals surface area contributed by atoms with Crippen LogP contribution < -0.4 is 5.73 Å². The fourth-order valence-electron chi connectivity index (χ4n) is 1.48. The van der Waals surface area contributed by atoms with Gasteiger partial charge >= 0.3 is 0 Å². The molecule has 4 nitrogen and oxygen atoms in total. The highest BCUT2D eigenvalue weighted by Gasteiger charge is 2.20. The first-order chi connectivity index (χ1) is 7.33. The molecule has 1 rings (SSSR count). The predicted molar refractivity (Wildman–Crippen MR) is 73.7 cm³/mol. The summed E-state index contributed by atoms with van der Waals surface area (Å²) in [6.45, 7) is 7.40. The first-order valence-electron chi connectivity index (χ1n) is 5.23. The van der Waals surface area contributed by atoms with Crippen molar-refractivity contribution in [1.82, 2.24) is 9.88 Å². The van der Waals surface area contributed by atoms with Crippen LogP contribution in [0.15, 0.2) is 5.38 Å². The second kappa shape index (κ2) is 6.33. The smallest absolute Gasteiger partial charge is 0.273 e. The lowest BCUT2D eigenvalue weighted by atomic mass is 9.96. The van der Waals surface area contributed by atoms with E-state index in [4.69, 9.17) is 5.73 Å². The molecule has 0 aliphatic carbocycles. The van der Waals surface area contributed by atoms with Gasteiger partial charge in [-0.15, -0.1) is 23.7 Å². The monoisotopic (exact) mass is 277 g/mol. The Kier molecular flexibility index (Phi) is 6.09. The van der Waals surface area contributed by atoms with Gasteiger partial charge in [0.05, 0.1) is 0 Å². The Bertz CT molecular complexity index is 373. The average molecular weight is 278 g/mol. The van der Waals surface area contributed by atoms with E-state index in [0.717, 1.165) is 5.01 Å². The number of rotatable bonds is 3. The number of nitrogens with zero attached hydrogens (tertiary/aromatic N) is 2. The van der Waals surface area contributed by atoms with Crippen molar-refractivity contribution in [2.24, 2.45) is 11.1 Å². The van der Waals surface area contributed by atoms with Crippen LogP contribution in [0.2, 0.25) is 0 Å². The predicted octanol–water partition coefficient (Wildman–Crippen LogP) is 2.14. The van der Waals surface area contributed by atoms with Gasteiger partial charge in [0.2, 0.25) is 0 Å². The molecule has 0 atom stereocenters. The molecule has 6 heteroatoms. The summed E-state index contributed by atoms with van der Waals surface area (Å²) in [5, 5.41) is 2.57. The summed E-state index contributed by atoms with van der Waals surface area (Å²) in [4.78, 5) is 17.9. The van der Waals surface area contributed by atoms with E-state index in [1.807, 2.05) is 0 Å². The maximum absolute atomic E-state index is 12.0. The quantitative estimate of drug-likeness (QED) is 0.921. The molecule has 1 aromatic rings. The number of hydrogen-bond acceptors (Lipinski definition) is 4. The van der Waals surface area contributed by atoms with Crippen LogP contribution in [0.4, 0.5) is 0 Å². The molecule has 0 fully saturated rings. The van der Waals surface area contributed by atoms with Crippen molar-refractivity contribution in [3.63, 3.8) is 0 Å². The Labute approximate surface area is 113 Å². The Morgan fingerprint density at radius 3 is 2.53 bits per heavy atom. The van der Waals surface area contributed by atoms with Crippen LogP contribution in [0.5, 0.6) is 0 Å². The van der Waals surface area contributed by atoms with E-state index in [1.54, 1.807) is 17.3 Å². The van der Waals surface area contributed by atoms with Gasteiger partial charge in [0.25, 0.3) is 5.91 Å². The molecule has 0 aliphatic heterocycles. The van der Waals surface area contributed by atoms with Crippen molar-refractivity contribution >= 4 is 29.7 Å². The van der Waals surface area contributed by atoms with Gasteiger partial charge in [-0.25, -0.2) is 4.98 Å². The van der Waals surface area contributed by atoms with Gasteiger partial charge in [-0.2, -0.15) is 0 Å². The van der Waals surface area contributed by atoms with Gasteiger partial charge in [0.15, 0.2) is 0 Å². The zero-order valence-corrected chi connectivity index (χ0v) is 12.3. The van der Waals surface area contributed by atoms with Gasteiger partial charge in [-0.05, 0) is 5.41 Å². The van der Waals surface area contributed by atoms with Gasteiger partial charge in [-0.1, -0.05) is 20.8 Å². The topological polar surface area (TPSA) is 59.2 Å². The maximum atomic E-state index is 12.0. The van der Waals surface area contributed by atoms with E-state index in [0.29, 0.717) is 18.8 Å². The molecule has 0 spiro atoms. The second-order valence-corrected chi connectivity index (χ2v) is 6.00. The molecular weight excluding hydrogens is 258 g/mol. The minimum Gasteiger partial charge on any atom is -0.340 e. The number of carbonyl (C=O) groups excluding carboxylic acids is 1. The number of nitrogens with two attached hydrogens (primary N) is 1.